The lowest BCUT2D eigenvalue weighted by Crippen LogP contribution is -1.96. The Hall–Kier alpha value is -1.84. The van der Waals surface area contributed by atoms with Crippen LogP contribution in [0.5, 0.6) is 0 Å². The summed E-state index contributed by atoms with van der Waals surface area (Å²) in [7, 11) is 0. The van der Waals surface area contributed by atoms with E-state index in [9.17, 15) is 0 Å². The molecule has 0 saturated carbocycles. The highest BCUT2D eigenvalue weighted by atomic mass is 16.3. The number of anilines is 1. The molecule has 2 aromatic heterocycles. The lowest BCUT2D eigenvalue weighted by Gasteiger charge is -2.01. The molecule has 0 aliphatic rings. The van der Waals surface area contributed by atoms with Gasteiger partial charge < -0.3 is 10.2 Å². The number of hydrogen-bond acceptors (Lipinski definition) is 4. The molecule has 0 radical (unpaired) electrons. The second-order valence-electron chi connectivity index (χ2n) is 3.17. The van der Waals surface area contributed by atoms with E-state index in [1.54, 1.807) is 12.5 Å². The van der Waals surface area contributed by atoms with E-state index >= 15 is 0 Å². The van der Waals surface area contributed by atoms with Gasteiger partial charge in [0, 0.05) is 5.56 Å². The Kier molecular flexibility index (Phi) is 1.96. The molecule has 0 amide bonds. The van der Waals surface area contributed by atoms with Crippen molar-refractivity contribution in [2.45, 2.75) is 13.8 Å². The van der Waals surface area contributed by atoms with Gasteiger partial charge in [-0.2, -0.15) is 0 Å². The highest BCUT2D eigenvalue weighted by Gasteiger charge is 2.07. The SMILES string of the molecule is Cc1ncc(N)c(-c2coc(C)c2)n1. The molecule has 0 bridgehead atoms. The van der Waals surface area contributed by atoms with Crippen molar-refractivity contribution in [3.05, 3.63) is 30.1 Å². The summed E-state index contributed by atoms with van der Waals surface area (Å²) < 4.78 is 5.20. The largest absolute Gasteiger partial charge is 0.469 e. The number of nitrogen functional groups attached to an aromatic ring is 1. The van der Waals surface area contributed by atoms with Crippen LogP contribution >= 0.6 is 0 Å². The van der Waals surface area contributed by atoms with Gasteiger partial charge in [-0.3, -0.25) is 0 Å². The van der Waals surface area contributed by atoms with Crippen molar-refractivity contribution in [3.63, 3.8) is 0 Å². The third-order valence-corrected chi connectivity index (χ3v) is 1.94. The van der Waals surface area contributed by atoms with E-state index in [1.165, 1.54) is 0 Å². The molecule has 0 aliphatic heterocycles. The van der Waals surface area contributed by atoms with Gasteiger partial charge in [-0.25, -0.2) is 9.97 Å². The Morgan fingerprint density at radius 1 is 1.36 bits per heavy atom. The first kappa shape index (κ1) is 8.74. The van der Waals surface area contributed by atoms with E-state index in [2.05, 4.69) is 9.97 Å². The van der Waals surface area contributed by atoms with Crippen molar-refractivity contribution in [2.75, 3.05) is 5.73 Å². The normalized spacial score (nSPS) is 10.4. The first-order chi connectivity index (χ1) is 6.66. The van der Waals surface area contributed by atoms with Gasteiger partial charge in [0.1, 0.15) is 23.5 Å². The van der Waals surface area contributed by atoms with E-state index in [0.717, 1.165) is 17.0 Å². The van der Waals surface area contributed by atoms with Crippen molar-refractivity contribution in [1.82, 2.24) is 9.97 Å². The fraction of sp³-hybridized carbons (Fsp3) is 0.200. The van der Waals surface area contributed by atoms with Gasteiger partial charge in [0.05, 0.1) is 11.9 Å². The maximum Gasteiger partial charge on any atom is 0.126 e. The maximum atomic E-state index is 5.76. The van der Waals surface area contributed by atoms with Gasteiger partial charge in [-0.05, 0) is 19.9 Å². The molecular weight excluding hydrogens is 178 g/mol. The Labute approximate surface area is 81.8 Å². The van der Waals surface area contributed by atoms with Crippen LogP contribution in [0.1, 0.15) is 11.6 Å². The fourth-order valence-electron chi connectivity index (χ4n) is 1.28. The predicted molar refractivity (Wildman–Crippen MR) is 53.6 cm³/mol. The molecule has 0 unspecified atom stereocenters. The quantitative estimate of drug-likeness (QED) is 0.744. The number of nitrogens with two attached hydrogens (primary N) is 1. The minimum atomic E-state index is 0.566. The summed E-state index contributed by atoms with van der Waals surface area (Å²) in [4.78, 5) is 8.27. The average molecular weight is 189 g/mol. The fourth-order valence-corrected chi connectivity index (χ4v) is 1.28. The third-order valence-electron chi connectivity index (χ3n) is 1.94. The number of hydrogen-bond donors (Lipinski definition) is 1. The second kappa shape index (κ2) is 3.14. The molecule has 4 heteroatoms. The molecule has 2 heterocycles. The van der Waals surface area contributed by atoms with E-state index in [4.69, 9.17) is 10.2 Å². The van der Waals surface area contributed by atoms with Gasteiger partial charge in [0.2, 0.25) is 0 Å². The number of nitrogens with zero attached hydrogens (tertiary/aromatic N) is 2. The van der Waals surface area contributed by atoms with E-state index in [0.29, 0.717) is 11.5 Å². The van der Waals surface area contributed by atoms with Gasteiger partial charge in [0.15, 0.2) is 0 Å². The molecule has 2 N–H and O–H groups in total. The van der Waals surface area contributed by atoms with Gasteiger partial charge in [0.25, 0.3) is 0 Å². The van der Waals surface area contributed by atoms with E-state index < -0.39 is 0 Å². The van der Waals surface area contributed by atoms with E-state index in [-0.39, 0.29) is 0 Å². The minimum Gasteiger partial charge on any atom is -0.469 e. The average Bonchev–Trinajstić information content (AvgIpc) is 2.56. The molecule has 14 heavy (non-hydrogen) atoms. The van der Waals surface area contributed by atoms with Crippen LogP contribution in [-0.4, -0.2) is 9.97 Å². The van der Waals surface area contributed by atoms with Gasteiger partial charge in [-0.1, -0.05) is 0 Å². The number of aryl methyl sites for hydroxylation is 2. The zero-order chi connectivity index (χ0) is 10.1. The Morgan fingerprint density at radius 2 is 2.14 bits per heavy atom. The summed E-state index contributed by atoms with van der Waals surface area (Å²) in [5.74, 6) is 1.55. The number of aromatic nitrogens is 2. The summed E-state index contributed by atoms with van der Waals surface area (Å²) in [6.45, 7) is 3.71. The van der Waals surface area contributed by atoms with Crippen LogP contribution in [0.4, 0.5) is 5.69 Å². The lowest BCUT2D eigenvalue weighted by molar-refractivity contribution is 0.535. The monoisotopic (exact) mass is 189 g/mol. The second-order valence-corrected chi connectivity index (χ2v) is 3.17. The van der Waals surface area contributed by atoms with Crippen molar-refractivity contribution in [1.29, 1.82) is 0 Å². The van der Waals surface area contributed by atoms with Crippen molar-refractivity contribution < 1.29 is 4.42 Å². The van der Waals surface area contributed by atoms with Crippen molar-refractivity contribution >= 4 is 5.69 Å². The summed E-state index contributed by atoms with van der Waals surface area (Å²) in [5, 5.41) is 0. The van der Waals surface area contributed by atoms with E-state index in [1.807, 2.05) is 19.9 Å². The van der Waals surface area contributed by atoms with Crippen LogP contribution in [0.25, 0.3) is 11.3 Å². The van der Waals surface area contributed by atoms with Crippen LogP contribution in [-0.2, 0) is 0 Å². The Morgan fingerprint density at radius 3 is 2.79 bits per heavy atom. The molecule has 0 atom stereocenters. The zero-order valence-electron chi connectivity index (χ0n) is 8.11. The molecule has 2 rings (SSSR count). The summed E-state index contributed by atoms with van der Waals surface area (Å²) in [6, 6.07) is 1.90. The third kappa shape index (κ3) is 1.46. The molecule has 4 nitrogen and oxygen atoms in total. The first-order valence-electron chi connectivity index (χ1n) is 4.31. The van der Waals surface area contributed by atoms with Crippen LogP contribution in [0.3, 0.4) is 0 Å². The lowest BCUT2D eigenvalue weighted by atomic mass is 10.2. The van der Waals surface area contributed by atoms with Crippen LogP contribution in [0.2, 0.25) is 0 Å². The number of furan rings is 1. The summed E-state index contributed by atoms with van der Waals surface area (Å²) >= 11 is 0. The molecule has 2 aromatic rings. The van der Waals surface area contributed by atoms with Gasteiger partial charge in [-0.15, -0.1) is 0 Å². The molecule has 0 saturated heterocycles. The van der Waals surface area contributed by atoms with Gasteiger partial charge >= 0.3 is 0 Å². The standard InChI is InChI=1S/C10H11N3O/c1-6-3-8(5-14-6)10-9(11)4-12-7(2)13-10/h3-5H,11H2,1-2H3. The predicted octanol–water partition coefficient (Wildman–Crippen LogP) is 1.94. The molecule has 0 aromatic carbocycles. The Bertz CT molecular complexity index is 462. The molecule has 0 aliphatic carbocycles. The smallest absolute Gasteiger partial charge is 0.126 e. The summed E-state index contributed by atoms with van der Waals surface area (Å²) in [6.07, 6.45) is 3.26. The summed E-state index contributed by atoms with van der Waals surface area (Å²) in [5.41, 5.74) is 7.96. The highest BCUT2D eigenvalue weighted by Crippen LogP contribution is 2.24. The maximum absolute atomic E-state index is 5.76. The molecule has 0 spiro atoms. The zero-order valence-corrected chi connectivity index (χ0v) is 8.11. The molecule has 0 fully saturated rings. The topological polar surface area (TPSA) is 64.9 Å². The van der Waals surface area contributed by atoms with Crippen LogP contribution in [0, 0.1) is 13.8 Å². The first-order valence-corrected chi connectivity index (χ1v) is 4.31. The van der Waals surface area contributed by atoms with Crippen LogP contribution < -0.4 is 5.73 Å². The molecule has 72 valence electrons. The van der Waals surface area contributed by atoms with Crippen molar-refractivity contribution in [3.8, 4) is 11.3 Å². The Balaban J connectivity index is 2.55. The minimum absolute atomic E-state index is 0.566. The van der Waals surface area contributed by atoms with Crippen molar-refractivity contribution in [2.24, 2.45) is 0 Å². The molecular formula is C10H11N3O. The van der Waals surface area contributed by atoms with Crippen LogP contribution in [0.15, 0.2) is 22.9 Å². The number of rotatable bonds is 1. The highest BCUT2D eigenvalue weighted by molar-refractivity contribution is 5.71.